The molecular weight excluding hydrogens is 414 g/mol. The quantitative estimate of drug-likeness (QED) is 0.689. The molecule has 31 heavy (non-hydrogen) atoms. The fraction of sp³-hybridized carbons (Fsp3) is 0.696. The minimum atomic E-state index is -3.71. The van der Waals surface area contributed by atoms with E-state index in [1.165, 1.54) is 17.5 Å². The molecule has 1 aromatic carbocycles. The second-order valence-electron chi connectivity index (χ2n) is 8.99. The summed E-state index contributed by atoms with van der Waals surface area (Å²) in [6.45, 7) is 8.11. The minimum Gasteiger partial charge on any atom is -0.495 e. The Labute approximate surface area is 187 Å². The van der Waals surface area contributed by atoms with E-state index >= 15 is 0 Å². The van der Waals surface area contributed by atoms with Gasteiger partial charge in [0, 0.05) is 37.8 Å². The summed E-state index contributed by atoms with van der Waals surface area (Å²) in [7, 11) is -2.26. The van der Waals surface area contributed by atoms with Crippen LogP contribution in [0.5, 0.6) is 5.75 Å². The summed E-state index contributed by atoms with van der Waals surface area (Å²) in [4.78, 5) is 15.4. The van der Waals surface area contributed by atoms with Crippen molar-refractivity contribution < 1.29 is 17.9 Å². The number of rotatable bonds is 7. The summed E-state index contributed by atoms with van der Waals surface area (Å²) in [5.41, 5.74) is 0.353. The standard InChI is InChI=1S/C23H37N3O4S/c1-18(2)25-12-8-9-19(17-25)16-24-23(27)20-10-11-21(30-3)22(15-20)31(28,29)26-13-6-4-5-7-14-26/h10-11,15,18-19H,4-9,12-14,16-17H2,1-3H3,(H,24,27). The molecule has 0 radical (unpaired) electrons. The molecule has 0 saturated carbocycles. The number of nitrogens with zero attached hydrogens (tertiary/aromatic N) is 2. The van der Waals surface area contributed by atoms with Crippen molar-refractivity contribution >= 4 is 15.9 Å². The number of hydrogen-bond acceptors (Lipinski definition) is 5. The van der Waals surface area contributed by atoms with Crippen LogP contribution in [-0.2, 0) is 10.0 Å². The summed E-state index contributed by atoms with van der Waals surface area (Å²) >= 11 is 0. The molecule has 1 N–H and O–H groups in total. The van der Waals surface area contributed by atoms with Gasteiger partial charge in [0.1, 0.15) is 10.6 Å². The Balaban J connectivity index is 1.72. The Morgan fingerprint density at radius 1 is 1.13 bits per heavy atom. The Kier molecular flexibility index (Phi) is 8.36. The highest BCUT2D eigenvalue weighted by Gasteiger charge is 2.29. The Morgan fingerprint density at radius 3 is 2.48 bits per heavy atom. The Morgan fingerprint density at radius 2 is 1.84 bits per heavy atom. The number of carbonyl (C=O) groups is 1. The first kappa shape index (κ1) is 24.0. The molecule has 1 atom stereocenters. The van der Waals surface area contributed by atoms with Crippen molar-refractivity contribution in [2.24, 2.45) is 5.92 Å². The van der Waals surface area contributed by atoms with Crippen molar-refractivity contribution in [2.75, 3.05) is 39.8 Å². The SMILES string of the molecule is COc1ccc(C(=O)NCC2CCCN(C(C)C)C2)cc1S(=O)(=O)N1CCCCCC1. The first-order valence-corrected chi connectivity index (χ1v) is 13.0. The predicted octanol–water partition coefficient (Wildman–Crippen LogP) is 3.11. The number of amides is 1. The van der Waals surface area contributed by atoms with E-state index in [0.29, 0.717) is 37.2 Å². The average Bonchev–Trinajstić information content (AvgIpc) is 3.07. The summed E-state index contributed by atoms with van der Waals surface area (Å²) in [5.74, 6) is 0.455. The second kappa shape index (κ2) is 10.8. The summed E-state index contributed by atoms with van der Waals surface area (Å²) in [5, 5.41) is 3.02. The van der Waals surface area contributed by atoms with Gasteiger partial charge in [0.15, 0.2) is 0 Å². The smallest absolute Gasteiger partial charge is 0.251 e. The largest absolute Gasteiger partial charge is 0.495 e. The van der Waals surface area contributed by atoms with E-state index in [4.69, 9.17) is 4.74 Å². The lowest BCUT2D eigenvalue weighted by Gasteiger charge is -2.35. The van der Waals surface area contributed by atoms with Crippen LogP contribution < -0.4 is 10.1 Å². The van der Waals surface area contributed by atoms with E-state index in [-0.39, 0.29) is 16.6 Å². The van der Waals surface area contributed by atoms with E-state index in [9.17, 15) is 13.2 Å². The van der Waals surface area contributed by atoms with Crippen LogP contribution in [0.15, 0.2) is 23.1 Å². The van der Waals surface area contributed by atoms with Crippen LogP contribution in [0.1, 0.15) is 62.7 Å². The molecule has 1 amide bonds. The van der Waals surface area contributed by atoms with Gasteiger partial charge < -0.3 is 15.0 Å². The molecule has 3 rings (SSSR count). The zero-order valence-corrected chi connectivity index (χ0v) is 19.9. The first-order valence-electron chi connectivity index (χ1n) is 11.5. The Hall–Kier alpha value is -1.64. The molecule has 0 aromatic heterocycles. The van der Waals surface area contributed by atoms with Gasteiger partial charge in [-0.1, -0.05) is 12.8 Å². The molecule has 2 heterocycles. The third-order valence-corrected chi connectivity index (χ3v) is 8.36. The lowest BCUT2D eigenvalue weighted by molar-refractivity contribution is 0.0922. The van der Waals surface area contributed by atoms with Gasteiger partial charge in [-0.15, -0.1) is 0 Å². The van der Waals surface area contributed by atoms with Gasteiger partial charge in [-0.25, -0.2) is 8.42 Å². The van der Waals surface area contributed by atoms with Crippen molar-refractivity contribution in [1.29, 1.82) is 0 Å². The third kappa shape index (κ3) is 5.99. The zero-order valence-electron chi connectivity index (χ0n) is 19.1. The van der Waals surface area contributed by atoms with Gasteiger partial charge in [0.05, 0.1) is 7.11 Å². The number of likely N-dealkylation sites (tertiary alicyclic amines) is 1. The molecule has 0 spiro atoms. The molecule has 1 unspecified atom stereocenters. The molecule has 2 saturated heterocycles. The van der Waals surface area contributed by atoms with Crippen LogP contribution in [0.2, 0.25) is 0 Å². The van der Waals surface area contributed by atoms with Crippen LogP contribution in [0.4, 0.5) is 0 Å². The molecule has 1 aromatic rings. The second-order valence-corrected chi connectivity index (χ2v) is 10.9. The van der Waals surface area contributed by atoms with Crippen LogP contribution in [0, 0.1) is 5.92 Å². The molecule has 174 valence electrons. The highest BCUT2D eigenvalue weighted by molar-refractivity contribution is 7.89. The molecule has 7 nitrogen and oxygen atoms in total. The number of piperidine rings is 1. The van der Waals surface area contributed by atoms with Gasteiger partial charge in [0.25, 0.3) is 5.91 Å². The summed E-state index contributed by atoms with van der Waals surface area (Å²) in [6.07, 6.45) is 6.04. The van der Waals surface area contributed by atoms with Crippen molar-refractivity contribution in [3.05, 3.63) is 23.8 Å². The maximum absolute atomic E-state index is 13.3. The van der Waals surface area contributed by atoms with Gasteiger partial charge >= 0.3 is 0 Å². The maximum atomic E-state index is 13.3. The minimum absolute atomic E-state index is 0.0770. The topological polar surface area (TPSA) is 79.0 Å². The fourth-order valence-corrected chi connectivity index (χ4v) is 6.21. The number of ether oxygens (including phenoxy) is 1. The number of benzene rings is 1. The number of sulfonamides is 1. The molecule has 2 aliphatic rings. The summed E-state index contributed by atoms with van der Waals surface area (Å²) < 4.78 is 33.5. The van der Waals surface area contributed by atoms with Gasteiger partial charge in [-0.2, -0.15) is 4.31 Å². The lowest BCUT2D eigenvalue weighted by atomic mass is 9.97. The van der Waals surface area contributed by atoms with Crippen LogP contribution in [0.25, 0.3) is 0 Å². The van der Waals surface area contributed by atoms with E-state index in [2.05, 4.69) is 24.1 Å². The van der Waals surface area contributed by atoms with E-state index in [0.717, 1.165) is 51.6 Å². The van der Waals surface area contributed by atoms with Crippen molar-refractivity contribution in [3.63, 3.8) is 0 Å². The highest BCUT2D eigenvalue weighted by Crippen LogP contribution is 2.29. The van der Waals surface area contributed by atoms with Crippen molar-refractivity contribution in [1.82, 2.24) is 14.5 Å². The molecule has 0 aliphatic carbocycles. The molecule has 8 heteroatoms. The summed E-state index contributed by atoms with van der Waals surface area (Å²) in [6, 6.07) is 5.19. The van der Waals surface area contributed by atoms with Crippen LogP contribution in [0.3, 0.4) is 0 Å². The highest BCUT2D eigenvalue weighted by atomic mass is 32.2. The van der Waals surface area contributed by atoms with E-state index in [1.807, 2.05) is 0 Å². The van der Waals surface area contributed by atoms with Gasteiger partial charge in [0.2, 0.25) is 10.0 Å². The average molecular weight is 452 g/mol. The normalized spacial score (nSPS) is 21.6. The van der Waals surface area contributed by atoms with Crippen molar-refractivity contribution in [2.45, 2.75) is 63.3 Å². The molecular formula is C23H37N3O4S. The van der Waals surface area contributed by atoms with E-state index in [1.54, 1.807) is 12.1 Å². The van der Waals surface area contributed by atoms with Crippen LogP contribution >= 0.6 is 0 Å². The fourth-order valence-electron chi connectivity index (χ4n) is 4.51. The lowest BCUT2D eigenvalue weighted by Crippen LogP contribution is -2.43. The Bertz CT molecular complexity index is 848. The number of hydrogen-bond donors (Lipinski definition) is 1. The third-order valence-electron chi connectivity index (χ3n) is 6.44. The molecule has 2 fully saturated rings. The maximum Gasteiger partial charge on any atom is 0.251 e. The van der Waals surface area contributed by atoms with E-state index < -0.39 is 10.0 Å². The number of nitrogens with one attached hydrogen (secondary N) is 1. The number of carbonyl (C=O) groups excluding carboxylic acids is 1. The molecule has 2 aliphatic heterocycles. The van der Waals surface area contributed by atoms with Crippen LogP contribution in [-0.4, -0.2) is 69.4 Å². The monoisotopic (exact) mass is 451 g/mol. The van der Waals surface area contributed by atoms with Gasteiger partial charge in [-0.05, 0) is 70.2 Å². The zero-order chi connectivity index (χ0) is 22.4. The molecule has 0 bridgehead atoms. The number of methoxy groups -OCH3 is 1. The van der Waals surface area contributed by atoms with Gasteiger partial charge in [-0.3, -0.25) is 4.79 Å². The van der Waals surface area contributed by atoms with Crippen molar-refractivity contribution in [3.8, 4) is 5.75 Å². The first-order chi connectivity index (χ1) is 14.8. The predicted molar refractivity (Wildman–Crippen MR) is 122 cm³/mol.